The number of nitrogens with zero attached hydrogens (tertiary/aromatic N) is 1. The Morgan fingerprint density at radius 3 is 2.66 bits per heavy atom. The number of rotatable bonds is 7. The molecule has 0 unspecified atom stereocenters. The lowest BCUT2D eigenvalue weighted by Gasteiger charge is -2.14. The fourth-order valence-electron chi connectivity index (χ4n) is 2.99. The molecule has 0 radical (unpaired) electrons. The summed E-state index contributed by atoms with van der Waals surface area (Å²) in [7, 11) is -2.45. The second kappa shape index (κ2) is 9.11. The van der Waals surface area contributed by atoms with E-state index in [1.807, 2.05) is 16.8 Å². The van der Waals surface area contributed by atoms with E-state index in [4.69, 9.17) is 4.74 Å². The van der Waals surface area contributed by atoms with Crippen LogP contribution in [0.5, 0.6) is 5.75 Å². The topological polar surface area (TPSA) is 97.4 Å². The number of hydrogen-bond acceptors (Lipinski definition) is 7. The third-order valence-electron chi connectivity index (χ3n) is 4.59. The van der Waals surface area contributed by atoms with E-state index in [0.29, 0.717) is 22.7 Å². The van der Waals surface area contributed by atoms with Crippen LogP contribution in [-0.4, -0.2) is 26.4 Å². The lowest BCUT2D eigenvalue weighted by atomic mass is 10.2. The van der Waals surface area contributed by atoms with Gasteiger partial charge in [0.25, 0.3) is 15.9 Å². The SMILES string of the molecule is COc1ccccc1NS(=O)(=O)c1cc(NC(=O)c2csc(-c3ccsc3)n2)ccc1C. The minimum Gasteiger partial charge on any atom is -0.495 e. The third-order valence-corrected chi connectivity index (χ3v) is 7.67. The third kappa shape index (κ3) is 4.67. The minimum absolute atomic E-state index is 0.0541. The van der Waals surface area contributed by atoms with Crippen LogP contribution in [0.2, 0.25) is 0 Å². The van der Waals surface area contributed by atoms with E-state index >= 15 is 0 Å². The predicted molar refractivity (Wildman–Crippen MR) is 128 cm³/mol. The molecule has 0 atom stereocenters. The van der Waals surface area contributed by atoms with Crippen molar-refractivity contribution in [2.45, 2.75) is 11.8 Å². The molecule has 0 aliphatic heterocycles. The Bertz CT molecular complexity index is 1360. The molecule has 0 fully saturated rings. The molecule has 2 heterocycles. The zero-order valence-electron chi connectivity index (χ0n) is 17.2. The number of thiazole rings is 1. The highest BCUT2D eigenvalue weighted by molar-refractivity contribution is 7.92. The van der Waals surface area contributed by atoms with Gasteiger partial charge in [0.15, 0.2) is 0 Å². The molecule has 0 bridgehead atoms. The van der Waals surface area contributed by atoms with Crippen LogP contribution in [0.3, 0.4) is 0 Å². The number of carbonyl (C=O) groups excluding carboxylic acids is 1. The number of ether oxygens (including phenoxy) is 1. The van der Waals surface area contributed by atoms with Crippen molar-refractivity contribution in [3.8, 4) is 16.3 Å². The highest BCUT2D eigenvalue weighted by Gasteiger charge is 2.20. The van der Waals surface area contributed by atoms with Crippen LogP contribution in [0.4, 0.5) is 11.4 Å². The second-order valence-corrected chi connectivity index (χ2v) is 10.1. The van der Waals surface area contributed by atoms with E-state index in [-0.39, 0.29) is 10.6 Å². The smallest absolute Gasteiger partial charge is 0.275 e. The summed E-state index contributed by atoms with van der Waals surface area (Å²) < 4.78 is 33.9. The molecule has 0 saturated heterocycles. The van der Waals surface area contributed by atoms with Crippen molar-refractivity contribution in [1.29, 1.82) is 0 Å². The number of methoxy groups -OCH3 is 1. The maximum Gasteiger partial charge on any atom is 0.275 e. The number of carbonyl (C=O) groups is 1. The molecule has 164 valence electrons. The summed E-state index contributed by atoms with van der Waals surface area (Å²) in [6.45, 7) is 1.69. The van der Waals surface area contributed by atoms with Gasteiger partial charge in [-0.1, -0.05) is 18.2 Å². The number of thiophene rings is 1. The Hall–Kier alpha value is -3.21. The van der Waals surface area contributed by atoms with Gasteiger partial charge in [0.05, 0.1) is 17.7 Å². The van der Waals surface area contributed by atoms with Crippen molar-refractivity contribution in [2.24, 2.45) is 0 Å². The van der Waals surface area contributed by atoms with Crippen molar-refractivity contribution in [2.75, 3.05) is 17.1 Å². The van der Waals surface area contributed by atoms with Gasteiger partial charge in [-0.15, -0.1) is 11.3 Å². The zero-order valence-corrected chi connectivity index (χ0v) is 19.6. The lowest BCUT2D eigenvalue weighted by molar-refractivity contribution is 0.102. The van der Waals surface area contributed by atoms with E-state index in [1.54, 1.807) is 60.0 Å². The van der Waals surface area contributed by atoms with Crippen LogP contribution in [0.15, 0.2) is 69.6 Å². The molecule has 4 rings (SSSR count). The highest BCUT2D eigenvalue weighted by Crippen LogP contribution is 2.29. The number of benzene rings is 2. The van der Waals surface area contributed by atoms with Crippen LogP contribution >= 0.6 is 22.7 Å². The quantitative estimate of drug-likeness (QED) is 0.373. The molecule has 0 aliphatic carbocycles. The van der Waals surface area contributed by atoms with Gasteiger partial charge < -0.3 is 10.1 Å². The molecule has 10 heteroatoms. The number of hydrogen-bond donors (Lipinski definition) is 2. The number of nitrogens with one attached hydrogen (secondary N) is 2. The first kappa shape index (κ1) is 22.0. The van der Waals surface area contributed by atoms with E-state index in [2.05, 4.69) is 15.0 Å². The first-order chi connectivity index (χ1) is 15.4. The maximum atomic E-state index is 13.0. The average Bonchev–Trinajstić information content (AvgIpc) is 3.47. The van der Waals surface area contributed by atoms with Gasteiger partial charge in [-0.2, -0.15) is 11.3 Å². The van der Waals surface area contributed by atoms with Gasteiger partial charge in [0.1, 0.15) is 16.5 Å². The minimum atomic E-state index is -3.92. The molecule has 2 aromatic carbocycles. The molecule has 4 aromatic rings. The van der Waals surface area contributed by atoms with Crippen LogP contribution in [0, 0.1) is 6.92 Å². The molecule has 7 nitrogen and oxygen atoms in total. The summed E-state index contributed by atoms with van der Waals surface area (Å²) in [6.07, 6.45) is 0. The summed E-state index contributed by atoms with van der Waals surface area (Å²) in [6, 6.07) is 13.4. The lowest BCUT2D eigenvalue weighted by Crippen LogP contribution is -2.16. The maximum absolute atomic E-state index is 13.0. The van der Waals surface area contributed by atoms with Crippen molar-refractivity contribution >= 4 is 50.0 Å². The Morgan fingerprint density at radius 2 is 1.91 bits per heavy atom. The van der Waals surface area contributed by atoms with Gasteiger partial charge in [0.2, 0.25) is 0 Å². The Balaban J connectivity index is 1.56. The molecule has 32 heavy (non-hydrogen) atoms. The van der Waals surface area contributed by atoms with Crippen molar-refractivity contribution in [3.63, 3.8) is 0 Å². The van der Waals surface area contributed by atoms with Gasteiger partial charge >= 0.3 is 0 Å². The van der Waals surface area contributed by atoms with E-state index in [9.17, 15) is 13.2 Å². The molecule has 0 aliphatic rings. The molecule has 1 amide bonds. The van der Waals surface area contributed by atoms with Gasteiger partial charge in [-0.05, 0) is 48.2 Å². The van der Waals surface area contributed by atoms with E-state index in [1.165, 1.54) is 24.5 Å². The number of sulfonamides is 1. The predicted octanol–water partition coefficient (Wildman–Crippen LogP) is 5.24. The molecular weight excluding hydrogens is 466 g/mol. The Morgan fingerprint density at radius 1 is 1.09 bits per heavy atom. The number of para-hydroxylation sites is 2. The number of aryl methyl sites for hydroxylation is 1. The van der Waals surface area contributed by atoms with E-state index in [0.717, 1.165) is 10.6 Å². The highest BCUT2D eigenvalue weighted by atomic mass is 32.2. The summed E-state index contributed by atoms with van der Waals surface area (Å²) in [5, 5.41) is 9.08. The van der Waals surface area contributed by atoms with E-state index < -0.39 is 15.9 Å². The van der Waals surface area contributed by atoms with Gasteiger partial charge in [-0.3, -0.25) is 9.52 Å². The Kier molecular flexibility index (Phi) is 6.26. The molecule has 2 aromatic heterocycles. The fraction of sp³-hybridized carbons (Fsp3) is 0.0909. The molecular formula is C22H19N3O4S3. The normalized spacial score (nSPS) is 11.2. The van der Waals surface area contributed by atoms with Crippen LogP contribution in [0.1, 0.15) is 16.1 Å². The number of anilines is 2. The van der Waals surface area contributed by atoms with Crippen LogP contribution in [-0.2, 0) is 10.0 Å². The van der Waals surface area contributed by atoms with Crippen molar-refractivity contribution < 1.29 is 17.9 Å². The standard InChI is InChI=1S/C22H19N3O4S3/c1-14-7-8-16(23-21(26)18-13-31-22(24-18)15-9-10-30-12-15)11-20(14)32(27,28)25-17-5-3-4-6-19(17)29-2/h3-13,25H,1-2H3,(H,23,26). The van der Waals surface area contributed by atoms with Crippen LogP contribution in [0.25, 0.3) is 10.6 Å². The second-order valence-electron chi connectivity index (χ2n) is 6.79. The van der Waals surface area contributed by atoms with Crippen molar-refractivity contribution in [3.05, 3.63) is 75.9 Å². The van der Waals surface area contributed by atoms with Gasteiger partial charge in [-0.25, -0.2) is 13.4 Å². The zero-order chi connectivity index (χ0) is 22.7. The first-order valence-electron chi connectivity index (χ1n) is 9.43. The summed E-state index contributed by atoms with van der Waals surface area (Å²) in [4.78, 5) is 17.1. The Labute approximate surface area is 193 Å². The van der Waals surface area contributed by atoms with Crippen LogP contribution < -0.4 is 14.8 Å². The fourth-order valence-corrected chi connectivity index (χ4v) is 5.84. The summed E-state index contributed by atoms with van der Waals surface area (Å²) >= 11 is 2.94. The molecule has 2 N–H and O–H groups in total. The number of aromatic nitrogens is 1. The summed E-state index contributed by atoms with van der Waals surface area (Å²) in [5.74, 6) is -0.00392. The summed E-state index contributed by atoms with van der Waals surface area (Å²) in [5.41, 5.74) is 2.45. The first-order valence-corrected chi connectivity index (χ1v) is 12.7. The molecule has 0 spiro atoms. The molecule has 0 saturated carbocycles. The average molecular weight is 486 g/mol. The largest absolute Gasteiger partial charge is 0.495 e. The van der Waals surface area contributed by atoms with Gasteiger partial charge in [0, 0.05) is 22.0 Å². The number of amides is 1. The monoisotopic (exact) mass is 485 g/mol. The van der Waals surface area contributed by atoms with Crippen molar-refractivity contribution in [1.82, 2.24) is 4.98 Å².